The van der Waals surface area contributed by atoms with Crippen LogP contribution < -0.4 is 0 Å². The summed E-state index contributed by atoms with van der Waals surface area (Å²) in [6, 6.07) is 10.2. The number of rotatable bonds is 0. The molecular weight excluding hydrogens is 226 g/mol. The van der Waals surface area contributed by atoms with Crippen molar-refractivity contribution < 1.29 is 9.90 Å². The van der Waals surface area contributed by atoms with Gasteiger partial charge in [0.2, 0.25) is 0 Å². The van der Waals surface area contributed by atoms with Crippen molar-refractivity contribution in [2.75, 3.05) is 0 Å². The number of nitrogens with zero attached hydrogens (tertiary/aromatic N) is 1. The zero-order chi connectivity index (χ0) is 12.3. The van der Waals surface area contributed by atoms with Gasteiger partial charge in [-0.25, -0.2) is 0 Å². The van der Waals surface area contributed by atoms with Gasteiger partial charge in [0.05, 0.1) is 0 Å². The summed E-state index contributed by atoms with van der Waals surface area (Å²) in [5.41, 5.74) is 3.14. The first-order valence-corrected chi connectivity index (χ1v) is 6.23. The Kier molecular flexibility index (Phi) is 1.87. The molecule has 1 aromatic carbocycles. The lowest BCUT2D eigenvalue weighted by Gasteiger charge is -2.29. The number of carbonyl (C=O) groups excluding carboxylic acids is 1. The van der Waals surface area contributed by atoms with Gasteiger partial charge in [-0.3, -0.25) is 4.79 Å². The monoisotopic (exact) mass is 239 g/mol. The summed E-state index contributed by atoms with van der Waals surface area (Å²) in [4.78, 5) is 11.5. The zero-order valence-electron chi connectivity index (χ0n) is 9.84. The van der Waals surface area contributed by atoms with Gasteiger partial charge < -0.3 is 9.67 Å². The molecule has 0 saturated carbocycles. The van der Waals surface area contributed by atoms with Gasteiger partial charge in [-0.1, -0.05) is 18.2 Å². The van der Waals surface area contributed by atoms with E-state index in [4.69, 9.17) is 0 Å². The van der Waals surface area contributed by atoms with Crippen molar-refractivity contribution in [3.05, 3.63) is 47.7 Å². The van der Waals surface area contributed by atoms with E-state index < -0.39 is 6.10 Å². The number of hydrogen-bond acceptors (Lipinski definition) is 2. The Morgan fingerprint density at radius 2 is 2.11 bits per heavy atom. The summed E-state index contributed by atoms with van der Waals surface area (Å²) in [6.07, 6.45) is 1.62. The average molecular weight is 239 g/mol. The highest BCUT2D eigenvalue weighted by atomic mass is 16.3. The van der Waals surface area contributed by atoms with Gasteiger partial charge in [-0.05, 0) is 29.2 Å². The molecule has 90 valence electrons. The van der Waals surface area contributed by atoms with Crippen molar-refractivity contribution in [1.29, 1.82) is 0 Å². The van der Waals surface area contributed by atoms with Crippen LogP contribution >= 0.6 is 0 Å². The fourth-order valence-corrected chi connectivity index (χ4v) is 3.24. The molecule has 1 N–H and O–H groups in total. The fourth-order valence-electron chi connectivity index (χ4n) is 3.24. The molecule has 3 heteroatoms. The molecule has 0 amide bonds. The molecule has 2 heterocycles. The third-order valence-corrected chi connectivity index (χ3v) is 4.11. The van der Waals surface area contributed by atoms with Crippen molar-refractivity contribution >= 4 is 16.7 Å². The third-order valence-electron chi connectivity index (χ3n) is 4.11. The van der Waals surface area contributed by atoms with Crippen LogP contribution in [0.15, 0.2) is 42.0 Å². The summed E-state index contributed by atoms with van der Waals surface area (Å²) in [5.74, 6) is 0.137. The number of hydrogen-bond donors (Lipinski definition) is 1. The minimum atomic E-state index is -0.552. The number of aromatic nitrogens is 1. The molecule has 18 heavy (non-hydrogen) atoms. The summed E-state index contributed by atoms with van der Waals surface area (Å²) < 4.78 is 2.13. The van der Waals surface area contributed by atoms with Crippen molar-refractivity contribution in [2.24, 2.45) is 5.92 Å². The number of aliphatic hydroxyl groups is 1. The molecule has 0 spiro atoms. The SMILES string of the molecule is O=C1C=C2Cn3c(cc4ccccc43)[C@H](O)C2C1. The van der Waals surface area contributed by atoms with Gasteiger partial charge in [0.15, 0.2) is 5.78 Å². The lowest BCUT2D eigenvalue weighted by molar-refractivity contribution is -0.115. The second-order valence-corrected chi connectivity index (χ2v) is 5.16. The van der Waals surface area contributed by atoms with Gasteiger partial charge in [-0.2, -0.15) is 0 Å². The third kappa shape index (κ3) is 1.20. The molecule has 1 unspecified atom stereocenters. The summed E-state index contributed by atoms with van der Waals surface area (Å²) in [6.45, 7) is 0.732. The van der Waals surface area contributed by atoms with Crippen molar-refractivity contribution in [2.45, 2.75) is 19.1 Å². The van der Waals surface area contributed by atoms with E-state index in [0.717, 1.165) is 28.7 Å². The quantitative estimate of drug-likeness (QED) is 0.765. The number of carbonyl (C=O) groups is 1. The number of ketones is 1. The molecule has 4 rings (SSSR count). The maximum Gasteiger partial charge on any atom is 0.156 e. The highest BCUT2D eigenvalue weighted by Crippen LogP contribution is 2.42. The van der Waals surface area contributed by atoms with E-state index in [9.17, 15) is 9.90 Å². The Hall–Kier alpha value is -1.87. The zero-order valence-corrected chi connectivity index (χ0v) is 9.84. The summed E-state index contributed by atoms with van der Waals surface area (Å²) in [7, 11) is 0. The predicted octanol–water partition coefficient (Wildman–Crippen LogP) is 2.20. The van der Waals surface area contributed by atoms with Crippen molar-refractivity contribution in [3.63, 3.8) is 0 Å². The molecule has 1 aromatic heterocycles. The van der Waals surface area contributed by atoms with Crippen LogP contribution in [0.5, 0.6) is 0 Å². The van der Waals surface area contributed by atoms with Crippen molar-refractivity contribution in [3.8, 4) is 0 Å². The highest BCUT2D eigenvalue weighted by Gasteiger charge is 2.37. The molecule has 1 aliphatic heterocycles. The normalized spacial score (nSPS) is 26.1. The van der Waals surface area contributed by atoms with Crippen LogP contribution in [0.4, 0.5) is 0 Å². The van der Waals surface area contributed by atoms with Gasteiger partial charge in [0.25, 0.3) is 0 Å². The molecule has 1 aliphatic carbocycles. The molecule has 2 aromatic rings. The van der Waals surface area contributed by atoms with E-state index in [1.165, 1.54) is 0 Å². The number of para-hydroxylation sites is 1. The highest BCUT2D eigenvalue weighted by molar-refractivity contribution is 5.94. The first-order valence-electron chi connectivity index (χ1n) is 6.23. The van der Waals surface area contributed by atoms with Crippen molar-refractivity contribution in [1.82, 2.24) is 4.57 Å². The van der Waals surface area contributed by atoms with Crippen LogP contribution in [0.25, 0.3) is 10.9 Å². The topological polar surface area (TPSA) is 42.2 Å². The molecule has 3 nitrogen and oxygen atoms in total. The molecule has 0 bridgehead atoms. The second-order valence-electron chi connectivity index (χ2n) is 5.16. The van der Waals surface area contributed by atoms with Gasteiger partial charge in [0, 0.05) is 30.1 Å². The lowest BCUT2D eigenvalue weighted by Crippen LogP contribution is -2.24. The Morgan fingerprint density at radius 1 is 1.28 bits per heavy atom. The van der Waals surface area contributed by atoms with E-state index in [-0.39, 0.29) is 11.7 Å². The Balaban J connectivity index is 1.96. The maximum absolute atomic E-state index is 11.5. The first-order chi connectivity index (χ1) is 8.74. The number of benzene rings is 1. The summed E-state index contributed by atoms with van der Waals surface area (Å²) >= 11 is 0. The smallest absolute Gasteiger partial charge is 0.156 e. The van der Waals surface area contributed by atoms with Crippen LogP contribution in [0, 0.1) is 5.92 Å². The molecular formula is C15H13NO2. The molecule has 0 fully saturated rings. The van der Waals surface area contributed by atoms with Gasteiger partial charge in [-0.15, -0.1) is 0 Å². The standard InChI is InChI=1S/C15H13NO2/c17-11-5-10-8-16-13-4-2-1-3-9(13)6-14(16)15(18)12(10)7-11/h1-6,12,15,18H,7-8H2/t12?,15-/m1/s1. The van der Waals surface area contributed by atoms with E-state index >= 15 is 0 Å². The predicted molar refractivity (Wildman–Crippen MR) is 68.1 cm³/mol. The Labute approximate surface area is 104 Å². The molecule has 2 aliphatic rings. The van der Waals surface area contributed by atoms with E-state index in [0.29, 0.717) is 6.42 Å². The average Bonchev–Trinajstić information content (AvgIpc) is 2.91. The van der Waals surface area contributed by atoms with E-state index in [2.05, 4.69) is 16.7 Å². The molecule has 2 atom stereocenters. The van der Waals surface area contributed by atoms with E-state index in [1.54, 1.807) is 6.08 Å². The number of allylic oxidation sites excluding steroid dienone is 1. The lowest BCUT2D eigenvalue weighted by atomic mass is 9.90. The van der Waals surface area contributed by atoms with Crippen LogP contribution in [0.1, 0.15) is 18.2 Å². The molecule has 0 saturated heterocycles. The Bertz CT molecular complexity index is 696. The second kappa shape index (κ2) is 3.33. The van der Waals surface area contributed by atoms with Gasteiger partial charge in [0.1, 0.15) is 6.10 Å². The minimum Gasteiger partial charge on any atom is -0.386 e. The van der Waals surface area contributed by atoms with Crippen LogP contribution in [0.3, 0.4) is 0 Å². The van der Waals surface area contributed by atoms with Crippen LogP contribution in [-0.2, 0) is 11.3 Å². The fraction of sp³-hybridized carbons (Fsp3) is 0.267. The largest absolute Gasteiger partial charge is 0.386 e. The van der Waals surface area contributed by atoms with Gasteiger partial charge >= 0.3 is 0 Å². The number of aliphatic hydroxyl groups excluding tert-OH is 1. The number of fused-ring (bicyclic) bond motifs is 4. The first kappa shape index (κ1) is 10.1. The van der Waals surface area contributed by atoms with Crippen LogP contribution in [0.2, 0.25) is 0 Å². The van der Waals surface area contributed by atoms with Crippen LogP contribution in [-0.4, -0.2) is 15.5 Å². The minimum absolute atomic E-state index is 0.00527. The maximum atomic E-state index is 11.5. The Morgan fingerprint density at radius 3 is 3.00 bits per heavy atom. The van der Waals surface area contributed by atoms with E-state index in [1.807, 2.05) is 18.2 Å². The molecule has 0 radical (unpaired) electrons. The summed E-state index contributed by atoms with van der Waals surface area (Å²) in [5, 5.41) is 11.6.